The van der Waals surface area contributed by atoms with E-state index in [-0.39, 0.29) is 34.8 Å². The topological polar surface area (TPSA) is 54.5 Å². The summed E-state index contributed by atoms with van der Waals surface area (Å²) >= 11 is 5.90. The van der Waals surface area contributed by atoms with Crippen LogP contribution in [0.15, 0.2) is 41.3 Å². The largest absolute Gasteiger partial charge is 0.294 e. The first-order valence-electron chi connectivity index (χ1n) is 6.92. The van der Waals surface area contributed by atoms with Gasteiger partial charge in [-0.25, -0.2) is 12.8 Å². The smallest absolute Gasteiger partial charge is 0.264 e. The molecule has 3 rings (SSSR count). The van der Waals surface area contributed by atoms with E-state index >= 15 is 0 Å². The standard InChI is InChI=1S/C16H13ClFNO3S/c1-10-8-12(3-4-14(10)18)23(21,22)19-7-6-16(20)13-9-11(17)2-5-15(13)19/h2-5,8-9H,6-7H2,1H3. The lowest BCUT2D eigenvalue weighted by Crippen LogP contribution is -2.37. The number of Topliss-reactive ketones (excluding diaryl/α,β-unsaturated/α-hetero) is 1. The molecule has 0 fully saturated rings. The Hall–Kier alpha value is -1.92. The van der Waals surface area contributed by atoms with Crippen LogP contribution in [0.4, 0.5) is 10.1 Å². The van der Waals surface area contributed by atoms with Gasteiger partial charge < -0.3 is 0 Å². The minimum absolute atomic E-state index is 0.00773. The van der Waals surface area contributed by atoms with Crippen LogP contribution in [0.25, 0.3) is 0 Å². The van der Waals surface area contributed by atoms with Crippen LogP contribution in [0.3, 0.4) is 0 Å². The Kier molecular flexibility index (Phi) is 3.90. The summed E-state index contributed by atoms with van der Waals surface area (Å²) in [5, 5.41) is 0.369. The number of sulfonamides is 1. The van der Waals surface area contributed by atoms with Crippen molar-refractivity contribution < 1.29 is 17.6 Å². The Morgan fingerprint density at radius 1 is 1.17 bits per heavy atom. The average Bonchev–Trinajstić information content (AvgIpc) is 2.50. The van der Waals surface area contributed by atoms with Gasteiger partial charge in [0.15, 0.2) is 5.78 Å². The van der Waals surface area contributed by atoms with Gasteiger partial charge in [-0.2, -0.15) is 0 Å². The van der Waals surface area contributed by atoms with Crippen LogP contribution in [0.1, 0.15) is 22.3 Å². The Bertz CT molecular complexity index is 912. The summed E-state index contributed by atoms with van der Waals surface area (Å²) in [6.07, 6.45) is 0.0761. The number of aryl methyl sites for hydroxylation is 1. The summed E-state index contributed by atoms with van der Waals surface area (Å²) in [6.45, 7) is 1.55. The molecule has 7 heteroatoms. The van der Waals surface area contributed by atoms with Crippen molar-refractivity contribution >= 4 is 33.1 Å². The van der Waals surface area contributed by atoms with Crippen LogP contribution in [0.5, 0.6) is 0 Å². The fourth-order valence-electron chi connectivity index (χ4n) is 2.56. The van der Waals surface area contributed by atoms with Gasteiger partial charge in [-0.3, -0.25) is 9.10 Å². The first kappa shape index (κ1) is 16.0. The molecule has 23 heavy (non-hydrogen) atoms. The van der Waals surface area contributed by atoms with Crippen LogP contribution in [0, 0.1) is 12.7 Å². The Balaban J connectivity index is 2.13. The van der Waals surface area contributed by atoms with E-state index < -0.39 is 15.8 Å². The number of anilines is 1. The third-order valence-corrected chi connectivity index (χ3v) is 5.83. The van der Waals surface area contributed by atoms with Crippen molar-refractivity contribution in [3.63, 3.8) is 0 Å². The lowest BCUT2D eigenvalue weighted by molar-refractivity contribution is 0.0982. The number of carbonyl (C=O) groups is 1. The zero-order valence-corrected chi connectivity index (χ0v) is 13.8. The van der Waals surface area contributed by atoms with Gasteiger partial charge in [0.1, 0.15) is 5.82 Å². The van der Waals surface area contributed by atoms with Gasteiger partial charge in [-0.05, 0) is 48.9 Å². The summed E-state index contributed by atoms with van der Waals surface area (Å²) in [7, 11) is -3.88. The molecule has 0 saturated carbocycles. The number of hydrogen-bond acceptors (Lipinski definition) is 3. The van der Waals surface area contributed by atoms with Gasteiger partial charge in [0.05, 0.1) is 10.6 Å². The molecule has 0 radical (unpaired) electrons. The SMILES string of the molecule is Cc1cc(S(=O)(=O)N2CCC(=O)c3cc(Cl)ccc32)ccc1F. The maximum Gasteiger partial charge on any atom is 0.264 e. The number of ketones is 1. The predicted molar refractivity (Wildman–Crippen MR) is 86.1 cm³/mol. The van der Waals surface area contributed by atoms with Gasteiger partial charge in [-0.15, -0.1) is 0 Å². The van der Waals surface area contributed by atoms with Gasteiger partial charge in [0.25, 0.3) is 10.0 Å². The molecule has 0 spiro atoms. The molecule has 0 bridgehead atoms. The maximum absolute atomic E-state index is 13.4. The normalized spacial score (nSPS) is 14.7. The fourth-order valence-corrected chi connectivity index (χ4v) is 4.30. The number of fused-ring (bicyclic) bond motifs is 1. The maximum atomic E-state index is 13.4. The van der Waals surface area contributed by atoms with Crippen molar-refractivity contribution in [1.29, 1.82) is 0 Å². The van der Waals surface area contributed by atoms with E-state index in [2.05, 4.69) is 0 Å². The van der Waals surface area contributed by atoms with E-state index in [1.807, 2.05) is 0 Å². The third-order valence-electron chi connectivity index (χ3n) is 3.79. The van der Waals surface area contributed by atoms with Crippen molar-refractivity contribution in [2.75, 3.05) is 10.8 Å². The highest BCUT2D eigenvalue weighted by Gasteiger charge is 2.32. The highest BCUT2D eigenvalue weighted by Crippen LogP contribution is 2.33. The first-order valence-corrected chi connectivity index (χ1v) is 8.74. The molecule has 1 aliphatic heterocycles. The minimum Gasteiger partial charge on any atom is -0.294 e. The van der Waals surface area contributed by atoms with E-state index in [4.69, 9.17) is 11.6 Å². The molecule has 120 valence electrons. The second kappa shape index (κ2) is 5.62. The van der Waals surface area contributed by atoms with Crippen LogP contribution in [-0.2, 0) is 10.0 Å². The Morgan fingerprint density at radius 3 is 2.61 bits per heavy atom. The molecule has 0 N–H and O–H groups in total. The van der Waals surface area contributed by atoms with Crippen LogP contribution in [-0.4, -0.2) is 20.7 Å². The minimum atomic E-state index is -3.88. The number of benzene rings is 2. The lowest BCUT2D eigenvalue weighted by atomic mass is 10.0. The van der Waals surface area contributed by atoms with E-state index in [0.29, 0.717) is 10.7 Å². The molecule has 1 heterocycles. The first-order chi connectivity index (χ1) is 10.8. The Morgan fingerprint density at radius 2 is 1.91 bits per heavy atom. The van der Waals surface area contributed by atoms with Gasteiger partial charge >= 0.3 is 0 Å². The second-order valence-electron chi connectivity index (χ2n) is 5.32. The van der Waals surface area contributed by atoms with Crippen molar-refractivity contribution in [1.82, 2.24) is 0 Å². The van der Waals surface area contributed by atoms with E-state index in [0.717, 1.165) is 6.07 Å². The number of halogens is 2. The zero-order valence-electron chi connectivity index (χ0n) is 12.2. The summed E-state index contributed by atoms with van der Waals surface area (Å²) < 4.78 is 40.3. The van der Waals surface area contributed by atoms with E-state index in [9.17, 15) is 17.6 Å². The zero-order chi connectivity index (χ0) is 16.8. The van der Waals surface area contributed by atoms with Gasteiger partial charge in [0, 0.05) is 23.6 Å². The van der Waals surface area contributed by atoms with Crippen LogP contribution in [0.2, 0.25) is 5.02 Å². The quantitative estimate of drug-likeness (QED) is 0.829. The van der Waals surface area contributed by atoms with Crippen LogP contribution >= 0.6 is 11.6 Å². The molecule has 4 nitrogen and oxygen atoms in total. The number of nitrogens with zero attached hydrogens (tertiary/aromatic N) is 1. The monoisotopic (exact) mass is 353 g/mol. The van der Waals surface area contributed by atoms with Crippen LogP contribution < -0.4 is 4.31 Å². The average molecular weight is 354 g/mol. The summed E-state index contributed by atoms with van der Waals surface area (Å²) in [5.74, 6) is -0.616. The molecule has 0 amide bonds. The third kappa shape index (κ3) is 2.72. The fraction of sp³-hybridized carbons (Fsp3) is 0.188. The van der Waals surface area contributed by atoms with Crippen molar-refractivity contribution in [2.24, 2.45) is 0 Å². The number of rotatable bonds is 2. The molecule has 0 aromatic heterocycles. The van der Waals surface area contributed by atoms with E-state index in [1.54, 1.807) is 0 Å². The molecule has 2 aromatic carbocycles. The Labute approximate surface area is 138 Å². The molecular formula is C16H13ClFNO3S. The summed E-state index contributed by atoms with van der Waals surface area (Å²) in [4.78, 5) is 12.0. The molecule has 0 unspecified atom stereocenters. The predicted octanol–water partition coefficient (Wildman–Crippen LogP) is 3.57. The highest BCUT2D eigenvalue weighted by atomic mass is 35.5. The van der Waals surface area contributed by atoms with Gasteiger partial charge in [0.2, 0.25) is 0 Å². The molecule has 0 saturated heterocycles. The summed E-state index contributed by atoms with van der Waals surface area (Å²) in [5.41, 5.74) is 0.828. The van der Waals surface area contributed by atoms with E-state index in [1.165, 1.54) is 41.6 Å². The molecule has 0 atom stereocenters. The molecule has 1 aliphatic rings. The van der Waals surface area contributed by atoms with Crippen molar-refractivity contribution in [3.05, 3.63) is 58.4 Å². The molecular weight excluding hydrogens is 341 g/mol. The molecule has 0 aliphatic carbocycles. The van der Waals surface area contributed by atoms with Crippen molar-refractivity contribution in [2.45, 2.75) is 18.2 Å². The lowest BCUT2D eigenvalue weighted by Gasteiger charge is -2.30. The summed E-state index contributed by atoms with van der Waals surface area (Å²) in [6, 6.07) is 8.16. The highest BCUT2D eigenvalue weighted by molar-refractivity contribution is 7.92. The molecule has 2 aromatic rings. The number of hydrogen-bond donors (Lipinski definition) is 0. The van der Waals surface area contributed by atoms with Crippen molar-refractivity contribution in [3.8, 4) is 0 Å². The number of carbonyl (C=O) groups excluding carboxylic acids is 1. The second-order valence-corrected chi connectivity index (χ2v) is 7.62. The van der Waals surface area contributed by atoms with Gasteiger partial charge in [-0.1, -0.05) is 11.6 Å².